The molecule has 1 unspecified atom stereocenters. The Morgan fingerprint density at radius 1 is 1.38 bits per heavy atom. The molecule has 0 saturated heterocycles. The second-order valence-corrected chi connectivity index (χ2v) is 7.04. The van der Waals surface area contributed by atoms with E-state index in [1.54, 1.807) is 31.5 Å². The van der Waals surface area contributed by atoms with Crippen molar-refractivity contribution in [3.63, 3.8) is 0 Å². The Labute approximate surface area is 100 Å². The Morgan fingerprint density at radius 2 is 2.00 bits per heavy atom. The topological polar surface area (TPSA) is 50.2 Å². The highest BCUT2D eigenvalue weighted by molar-refractivity contribution is 8.02. The summed E-state index contributed by atoms with van der Waals surface area (Å²) < 4.78 is -1.07. The molecule has 1 atom stereocenters. The third kappa shape index (κ3) is 2.98. The number of carbonyl (C=O) groups is 1. The van der Waals surface area contributed by atoms with E-state index < -0.39 is 10.7 Å². The molecule has 1 aromatic heterocycles. The first-order chi connectivity index (χ1) is 7.26. The molecule has 0 aliphatic rings. The van der Waals surface area contributed by atoms with Gasteiger partial charge >= 0.3 is 5.97 Å². The molecular formula is C12H17NO2S. The Bertz CT molecular complexity index is 372. The minimum absolute atomic E-state index is 0.122. The fourth-order valence-electron chi connectivity index (χ4n) is 1.48. The predicted molar refractivity (Wildman–Crippen MR) is 66.6 cm³/mol. The quantitative estimate of drug-likeness (QED) is 0.881. The van der Waals surface area contributed by atoms with Crippen LogP contribution in [0.2, 0.25) is 0 Å². The molecule has 0 aliphatic carbocycles. The van der Waals surface area contributed by atoms with E-state index in [2.05, 4.69) is 4.98 Å². The fourth-order valence-corrected chi connectivity index (χ4v) is 3.03. The van der Waals surface area contributed by atoms with E-state index in [4.69, 9.17) is 0 Å². The van der Waals surface area contributed by atoms with E-state index in [0.29, 0.717) is 0 Å². The molecule has 0 bridgehead atoms. The van der Waals surface area contributed by atoms with Gasteiger partial charge in [0.1, 0.15) is 4.75 Å². The molecule has 16 heavy (non-hydrogen) atoms. The average molecular weight is 239 g/mol. The summed E-state index contributed by atoms with van der Waals surface area (Å²) in [6, 6.07) is 3.57. The van der Waals surface area contributed by atoms with Crippen LogP contribution in [0.1, 0.15) is 33.3 Å². The number of carboxylic acid groups (broad SMARTS) is 1. The summed E-state index contributed by atoms with van der Waals surface area (Å²) in [6.07, 6.45) is 3.26. The van der Waals surface area contributed by atoms with Crippen molar-refractivity contribution in [2.24, 2.45) is 0 Å². The zero-order chi connectivity index (χ0) is 12.4. The van der Waals surface area contributed by atoms with Crippen LogP contribution in [0.3, 0.4) is 0 Å². The second kappa shape index (κ2) is 4.45. The number of hydrogen-bond acceptors (Lipinski definition) is 3. The molecule has 0 radical (unpaired) electrons. The summed E-state index contributed by atoms with van der Waals surface area (Å²) in [5.74, 6) is -0.833. The Morgan fingerprint density at radius 3 is 2.38 bits per heavy atom. The zero-order valence-electron chi connectivity index (χ0n) is 10.0. The molecule has 0 amide bonds. The summed E-state index contributed by atoms with van der Waals surface area (Å²) in [5, 5.41) is 9.40. The van der Waals surface area contributed by atoms with Gasteiger partial charge in [0.2, 0.25) is 0 Å². The second-order valence-electron chi connectivity index (χ2n) is 4.79. The van der Waals surface area contributed by atoms with Crippen LogP contribution < -0.4 is 0 Å². The molecule has 1 N–H and O–H groups in total. The monoisotopic (exact) mass is 239 g/mol. The molecule has 0 aromatic carbocycles. The Hall–Kier alpha value is -1.03. The van der Waals surface area contributed by atoms with E-state index in [1.807, 2.05) is 20.8 Å². The normalized spacial score (nSPS) is 15.5. The van der Waals surface area contributed by atoms with Crippen molar-refractivity contribution in [2.45, 2.75) is 37.2 Å². The van der Waals surface area contributed by atoms with Crippen LogP contribution in [0.25, 0.3) is 0 Å². The van der Waals surface area contributed by atoms with Crippen molar-refractivity contribution in [1.82, 2.24) is 4.98 Å². The summed E-state index contributed by atoms with van der Waals surface area (Å²) in [4.78, 5) is 15.4. The maximum Gasteiger partial charge on any atom is 0.324 e. The first kappa shape index (κ1) is 13.0. The standard InChI is InChI=1S/C12H17NO2S/c1-11(2,3)16-12(4,10(14)15)9-6-5-7-13-8-9/h5-8H,1-4H3,(H,14,15). The molecule has 0 saturated carbocycles. The lowest BCUT2D eigenvalue weighted by molar-refractivity contribution is -0.139. The van der Waals surface area contributed by atoms with Gasteiger partial charge in [-0.15, -0.1) is 11.8 Å². The van der Waals surface area contributed by atoms with Crippen LogP contribution in [-0.2, 0) is 9.54 Å². The lowest BCUT2D eigenvalue weighted by Gasteiger charge is -2.31. The van der Waals surface area contributed by atoms with E-state index >= 15 is 0 Å². The SMILES string of the molecule is CC(C)(C)SC(C)(C(=O)O)c1cccnc1. The third-order valence-electron chi connectivity index (χ3n) is 2.13. The predicted octanol–water partition coefficient (Wildman–Crippen LogP) is 2.91. The molecule has 4 heteroatoms. The lowest BCUT2D eigenvalue weighted by Crippen LogP contribution is -2.33. The number of aromatic nitrogens is 1. The third-order valence-corrected chi connectivity index (χ3v) is 3.56. The maximum absolute atomic E-state index is 11.5. The summed E-state index contributed by atoms with van der Waals surface area (Å²) in [7, 11) is 0. The highest BCUT2D eigenvalue weighted by atomic mass is 32.2. The van der Waals surface area contributed by atoms with Crippen LogP contribution in [0.4, 0.5) is 0 Å². The molecule has 1 heterocycles. The maximum atomic E-state index is 11.5. The molecule has 0 spiro atoms. The van der Waals surface area contributed by atoms with Crippen LogP contribution >= 0.6 is 11.8 Å². The average Bonchev–Trinajstić information content (AvgIpc) is 2.16. The Kier molecular flexibility index (Phi) is 3.63. The van der Waals surface area contributed by atoms with Crippen molar-refractivity contribution < 1.29 is 9.90 Å². The van der Waals surface area contributed by atoms with Gasteiger partial charge in [-0.3, -0.25) is 9.78 Å². The van der Waals surface area contributed by atoms with Gasteiger partial charge in [0.05, 0.1) is 0 Å². The number of thioether (sulfide) groups is 1. The minimum atomic E-state index is -0.952. The number of aliphatic carboxylic acids is 1. The number of rotatable bonds is 3. The van der Waals surface area contributed by atoms with Crippen molar-refractivity contribution in [1.29, 1.82) is 0 Å². The van der Waals surface area contributed by atoms with Crippen molar-refractivity contribution in [3.8, 4) is 0 Å². The molecule has 0 aliphatic heterocycles. The first-order valence-corrected chi connectivity index (χ1v) is 5.91. The minimum Gasteiger partial charge on any atom is -0.480 e. The first-order valence-electron chi connectivity index (χ1n) is 5.10. The van der Waals surface area contributed by atoms with Crippen LogP contribution in [0.15, 0.2) is 24.5 Å². The smallest absolute Gasteiger partial charge is 0.324 e. The van der Waals surface area contributed by atoms with Gasteiger partial charge in [-0.2, -0.15) is 0 Å². The van der Waals surface area contributed by atoms with Gasteiger partial charge in [-0.05, 0) is 18.6 Å². The number of hydrogen-bond donors (Lipinski definition) is 1. The highest BCUT2D eigenvalue weighted by Crippen LogP contribution is 2.43. The van der Waals surface area contributed by atoms with Crippen molar-refractivity contribution in [3.05, 3.63) is 30.1 Å². The Balaban J connectivity index is 3.13. The molecule has 3 nitrogen and oxygen atoms in total. The van der Waals surface area contributed by atoms with Crippen molar-refractivity contribution >= 4 is 17.7 Å². The molecule has 88 valence electrons. The summed E-state index contributed by atoms with van der Waals surface area (Å²) >= 11 is 1.43. The van der Waals surface area contributed by atoms with Crippen LogP contribution in [0, 0.1) is 0 Å². The largest absolute Gasteiger partial charge is 0.480 e. The van der Waals surface area contributed by atoms with E-state index in [9.17, 15) is 9.90 Å². The number of carboxylic acids is 1. The van der Waals surface area contributed by atoms with Gasteiger partial charge in [0, 0.05) is 17.1 Å². The fraction of sp³-hybridized carbons (Fsp3) is 0.500. The summed E-state index contributed by atoms with van der Waals surface area (Å²) in [6.45, 7) is 7.75. The van der Waals surface area contributed by atoms with E-state index in [0.717, 1.165) is 5.56 Å². The molecule has 1 rings (SSSR count). The van der Waals surface area contributed by atoms with Gasteiger partial charge in [-0.1, -0.05) is 26.8 Å². The number of pyridine rings is 1. The summed E-state index contributed by atoms with van der Waals surface area (Å²) in [5.41, 5.74) is 0.724. The van der Waals surface area contributed by atoms with Gasteiger partial charge in [0.25, 0.3) is 0 Å². The number of nitrogens with zero attached hydrogens (tertiary/aromatic N) is 1. The molecular weight excluding hydrogens is 222 g/mol. The highest BCUT2D eigenvalue weighted by Gasteiger charge is 2.39. The lowest BCUT2D eigenvalue weighted by atomic mass is 10.0. The van der Waals surface area contributed by atoms with Crippen LogP contribution in [-0.4, -0.2) is 20.8 Å². The van der Waals surface area contributed by atoms with Gasteiger partial charge < -0.3 is 5.11 Å². The van der Waals surface area contributed by atoms with Gasteiger partial charge in [-0.25, -0.2) is 0 Å². The van der Waals surface area contributed by atoms with Crippen molar-refractivity contribution in [2.75, 3.05) is 0 Å². The molecule has 0 fully saturated rings. The van der Waals surface area contributed by atoms with Crippen LogP contribution in [0.5, 0.6) is 0 Å². The zero-order valence-corrected chi connectivity index (χ0v) is 10.8. The van der Waals surface area contributed by atoms with E-state index in [1.165, 1.54) is 11.8 Å². The van der Waals surface area contributed by atoms with E-state index in [-0.39, 0.29) is 4.75 Å². The van der Waals surface area contributed by atoms with Gasteiger partial charge in [0.15, 0.2) is 0 Å². The molecule has 1 aromatic rings.